The van der Waals surface area contributed by atoms with Gasteiger partial charge in [-0.2, -0.15) is 0 Å². The summed E-state index contributed by atoms with van der Waals surface area (Å²) in [5.41, 5.74) is 2.27. The molecule has 0 fully saturated rings. The van der Waals surface area contributed by atoms with E-state index in [1.807, 2.05) is 6.92 Å². The van der Waals surface area contributed by atoms with Gasteiger partial charge in [0.2, 0.25) is 0 Å². The maximum Gasteiger partial charge on any atom is 0.259 e. The molecule has 0 bridgehead atoms. The maximum absolute atomic E-state index is 13.4. The lowest BCUT2D eigenvalue weighted by Crippen LogP contribution is -2.14. The third kappa shape index (κ3) is 3.14. The van der Waals surface area contributed by atoms with Gasteiger partial charge in [0.15, 0.2) is 0 Å². The highest BCUT2D eigenvalue weighted by Gasteiger charge is 2.12. The highest BCUT2D eigenvalue weighted by molar-refractivity contribution is 9.10. The average Bonchev–Trinajstić information content (AvgIpc) is 2.42. The molecule has 104 valence electrons. The number of carbonyl (C=O) groups is 1. The van der Waals surface area contributed by atoms with Crippen molar-refractivity contribution in [3.05, 3.63) is 52.0 Å². The molecule has 0 aliphatic carbocycles. The second-order valence-electron chi connectivity index (χ2n) is 4.20. The van der Waals surface area contributed by atoms with Gasteiger partial charge in [0.1, 0.15) is 5.82 Å². The van der Waals surface area contributed by atoms with Gasteiger partial charge in [-0.25, -0.2) is 4.39 Å². The molecule has 1 aromatic heterocycles. The molecule has 1 aromatic carbocycles. The van der Waals surface area contributed by atoms with Crippen LogP contribution in [0.5, 0.6) is 0 Å². The SMILES string of the molecule is CNc1cc(C)ncc1C(=O)Nc1ccc(Br)c(F)c1. The lowest BCUT2D eigenvalue weighted by Gasteiger charge is -2.10. The fraction of sp³-hybridized carbons (Fsp3) is 0.143. The Morgan fingerprint density at radius 2 is 2.10 bits per heavy atom. The zero-order chi connectivity index (χ0) is 14.7. The number of rotatable bonds is 3. The van der Waals surface area contributed by atoms with Crippen molar-refractivity contribution in [3.63, 3.8) is 0 Å². The summed E-state index contributed by atoms with van der Waals surface area (Å²) in [6, 6.07) is 6.18. The van der Waals surface area contributed by atoms with Gasteiger partial charge in [-0.05, 0) is 47.1 Å². The maximum atomic E-state index is 13.4. The first-order valence-corrected chi connectivity index (χ1v) is 6.71. The number of pyridine rings is 1. The number of nitrogens with one attached hydrogen (secondary N) is 2. The van der Waals surface area contributed by atoms with Crippen molar-refractivity contribution in [1.29, 1.82) is 0 Å². The van der Waals surface area contributed by atoms with E-state index >= 15 is 0 Å². The van der Waals surface area contributed by atoms with Crippen LogP contribution < -0.4 is 10.6 Å². The second kappa shape index (κ2) is 6.00. The first-order valence-electron chi connectivity index (χ1n) is 5.92. The fourth-order valence-corrected chi connectivity index (χ4v) is 1.97. The van der Waals surface area contributed by atoms with Crippen LogP contribution in [0.1, 0.15) is 16.1 Å². The van der Waals surface area contributed by atoms with Crippen LogP contribution in [0.3, 0.4) is 0 Å². The molecular weight excluding hydrogens is 325 g/mol. The van der Waals surface area contributed by atoms with Gasteiger partial charge in [0.05, 0.1) is 15.7 Å². The number of hydrogen-bond acceptors (Lipinski definition) is 3. The van der Waals surface area contributed by atoms with E-state index < -0.39 is 5.82 Å². The Labute approximate surface area is 124 Å². The van der Waals surface area contributed by atoms with Crippen molar-refractivity contribution >= 4 is 33.2 Å². The van der Waals surface area contributed by atoms with Crippen LogP contribution in [0, 0.1) is 12.7 Å². The van der Waals surface area contributed by atoms with Crippen molar-refractivity contribution in [3.8, 4) is 0 Å². The van der Waals surface area contributed by atoms with E-state index in [9.17, 15) is 9.18 Å². The fourth-order valence-electron chi connectivity index (χ4n) is 1.72. The predicted octanol–water partition coefficient (Wildman–Crippen LogP) is 3.59. The minimum atomic E-state index is -0.432. The third-order valence-corrected chi connectivity index (χ3v) is 3.38. The number of aryl methyl sites for hydroxylation is 1. The largest absolute Gasteiger partial charge is 0.387 e. The summed E-state index contributed by atoms with van der Waals surface area (Å²) in [5, 5.41) is 5.58. The molecule has 0 unspecified atom stereocenters. The molecule has 0 aliphatic heterocycles. The molecule has 0 saturated carbocycles. The van der Waals surface area contributed by atoms with E-state index in [1.54, 1.807) is 19.2 Å². The Balaban J connectivity index is 2.25. The number of aromatic nitrogens is 1. The van der Waals surface area contributed by atoms with Crippen molar-refractivity contribution in [2.24, 2.45) is 0 Å². The van der Waals surface area contributed by atoms with Crippen LogP contribution in [0.25, 0.3) is 0 Å². The molecule has 4 nitrogen and oxygen atoms in total. The molecule has 6 heteroatoms. The lowest BCUT2D eigenvalue weighted by molar-refractivity contribution is 0.102. The third-order valence-electron chi connectivity index (χ3n) is 2.73. The van der Waals surface area contributed by atoms with Gasteiger partial charge in [0.25, 0.3) is 5.91 Å². The quantitative estimate of drug-likeness (QED) is 0.899. The Morgan fingerprint density at radius 3 is 2.75 bits per heavy atom. The first-order chi connectivity index (χ1) is 9.51. The van der Waals surface area contributed by atoms with Crippen molar-refractivity contribution in [2.75, 3.05) is 17.7 Å². The molecular formula is C14H13BrFN3O. The van der Waals surface area contributed by atoms with Gasteiger partial charge in [-0.1, -0.05) is 0 Å². The molecule has 2 rings (SSSR count). The molecule has 0 spiro atoms. The van der Waals surface area contributed by atoms with Crippen molar-refractivity contribution < 1.29 is 9.18 Å². The van der Waals surface area contributed by atoms with E-state index in [4.69, 9.17) is 0 Å². The standard InChI is InChI=1S/C14H13BrFN3O/c1-8-5-13(17-2)10(7-18-8)14(20)19-9-3-4-11(15)12(16)6-9/h3-7H,1-2H3,(H,17,18)(H,19,20). The number of benzene rings is 1. The molecule has 2 N–H and O–H groups in total. The Kier molecular flexibility index (Phi) is 4.34. The normalized spacial score (nSPS) is 10.2. The Bertz CT molecular complexity index is 661. The zero-order valence-corrected chi connectivity index (χ0v) is 12.6. The number of hydrogen-bond donors (Lipinski definition) is 2. The number of carbonyl (C=O) groups excluding carboxylic acids is 1. The summed E-state index contributed by atoms with van der Waals surface area (Å²) in [7, 11) is 1.73. The molecule has 20 heavy (non-hydrogen) atoms. The molecule has 1 amide bonds. The average molecular weight is 338 g/mol. The highest BCUT2D eigenvalue weighted by Crippen LogP contribution is 2.21. The topological polar surface area (TPSA) is 54.0 Å². The van der Waals surface area contributed by atoms with Gasteiger partial charge >= 0.3 is 0 Å². The lowest BCUT2D eigenvalue weighted by atomic mass is 10.2. The minimum Gasteiger partial charge on any atom is -0.387 e. The molecule has 0 atom stereocenters. The summed E-state index contributed by atoms with van der Waals surface area (Å²) in [4.78, 5) is 16.3. The van der Waals surface area contributed by atoms with Gasteiger partial charge in [-0.3, -0.25) is 9.78 Å². The molecule has 0 aliphatic rings. The Hall–Kier alpha value is -1.95. The van der Waals surface area contributed by atoms with Crippen molar-refractivity contribution in [1.82, 2.24) is 4.98 Å². The van der Waals surface area contributed by atoms with Gasteiger partial charge in [0, 0.05) is 24.6 Å². The summed E-state index contributed by atoms with van der Waals surface area (Å²) < 4.78 is 13.8. The number of nitrogens with zero attached hydrogens (tertiary/aromatic N) is 1. The number of halogens is 2. The van der Waals surface area contributed by atoms with Crippen LogP contribution in [0.4, 0.5) is 15.8 Å². The zero-order valence-electron chi connectivity index (χ0n) is 11.0. The number of amides is 1. The van der Waals surface area contributed by atoms with E-state index in [2.05, 4.69) is 31.5 Å². The summed E-state index contributed by atoms with van der Waals surface area (Å²) in [6.07, 6.45) is 1.49. The van der Waals surface area contributed by atoms with Gasteiger partial charge in [-0.15, -0.1) is 0 Å². The number of anilines is 2. The summed E-state index contributed by atoms with van der Waals surface area (Å²) in [5.74, 6) is -0.776. The molecule has 0 radical (unpaired) electrons. The van der Waals surface area contributed by atoms with Crippen LogP contribution >= 0.6 is 15.9 Å². The van der Waals surface area contributed by atoms with Crippen molar-refractivity contribution in [2.45, 2.75) is 6.92 Å². The van der Waals surface area contributed by atoms with Crippen LogP contribution in [-0.4, -0.2) is 17.9 Å². The van der Waals surface area contributed by atoms with E-state index in [0.29, 0.717) is 21.4 Å². The van der Waals surface area contributed by atoms with E-state index in [-0.39, 0.29) is 5.91 Å². The molecule has 2 aromatic rings. The monoisotopic (exact) mass is 337 g/mol. The Morgan fingerprint density at radius 1 is 1.35 bits per heavy atom. The predicted molar refractivity (Wildman–Crippen MR) is 80.6 cm³/mol. The smallest absolute Gasteiger partial charge is 0.259 e. The first kappa shape index (κ1) is 14.5. The summed E-state index contributed by atoms with van der Waals surface area (Å²) >= 11 is 3.06. The summed E-state index contributed by atoms with van der Waals surface area (Å²) in [6.45, 7) is 1.84. The minimum absolute atomic E-state index is 0.344. The highest BCUT2D eigenvalue weighted by atomic mass is 79.9. The van der Waals surface area contributed by atoms with Crippen LogP contribution in [0.15, 0.2) is 34.9 Å². The molecule has 0 saturated heterocycles. The second-order valence-corrected chi connectivity index (χ2v) is 5.06. The van der Waals surface area contributed by atoms with Crippen LogP contribution in [-0.2, 0) is 0 Å². The van der Waals surface area contributed by atoms with Crippen LogP contribution in [0.2, 0.25) is 0 Å². The van der Waals surface area contributed by atoms with E-state index in [1.165, 1.54) is 18.3 Å². The molecule has 1 heterocycles. The van der Waals surface area contributed by atoms with Gasteiger partial charge < -0.3 is 10.6 Å². The van der Waals surface area contributed by atoms with E-state index in [0.717, 1.165) is 5.69 Å².